The largest absolute Gasteiger partial charge is 0.507 e. The van der Waals surface area contributed by atoms with Crippen LogP contribution in [-0.2, 0) is 25.6 Å². The van der Waals surface area contributed by atoms with Gasteiger partial charge in [0.05, 0.1) is 24.1 Å². The van der Waals surface area contributed by atoms with Crippen LogP contribution >= 0.6 is 0 Å². The van der Waals surface area contributed by atoms with E-state index in [-0.39, 0.29) is 24.2 Å². The molecule has 2 fully saturated rings. The summed E-state index contributed by atoms with van der Waals surface area (Å²) in [6.07, 6.45) is 0.199. The summed E-state index contributed by atoms with van der Waals surface area (Å²) in [5, 5.41) is 22.4. The molecule has 0 radical (unpaired) electrons. The first-order valence-electron chi connectivity index (χ1n) is 12.9. The van der Waals surface area contributed by atoms with Gasteiger partial charge in [-0.2, -0.15) is 0 Å². The molecule has 0 spiro atoms. The number of aromatic hydroxyl groups is 1. The lowest BCUT2D eigenvalue weighted by atomic mass is 9.52. The Bertz CT molecular complexity index is 1420. The highest BCUT2D eigenvalue weighted by Gasteiger charge is 2.69. The Balaban J connectivity index is 1.62. The fraction of sp³-hybridized carbons (Fsp3) is 0.414. The van der Waals surface area contributed by atoms with Gasteiger partial charge in [0, 0.05) is 5.92 Å². The quantitative estimate of drug-likeness (QED) is 0.473. The van der Waals surface area contributed by atoms with Crippen LogP contribution in [0.1, 0.15) is 29.3 Å². The molecule has 0 aromatic heterocycles. The van der Waals surface area contributed by atoms with E-state index in [4.69, 9.17) is 10.5 Å². The fourth-order valence-corrected chi connectivity index (χ4v) is 6.77. The third-order valence-corrected chi connectivity index (χ3v) is 8.42. The number of nitrogens with zero attached hydrogens (tertiary/aromatic N) is 1. The molecule has 0 heterocycles. The molecule has 2 aromatic carbocycles. The zero-order valence-electron chi connectivity index (χ0n) is 21.8. The molecule has 10 heteroatoms. The van der Waals surface area contributed by atoms with E-state index < -0.39 is 64.4 Å². The molecule has 3 aliphatic carbocycles. The molecule has 0 aliphatic heterocycles. The van der Waals surface area contributed by atoms with Gasteiger partial charge in [0.1, 0.15) is 11.5 Å². The molecule has 10 nitrogen and oxygen atoms in total. The fourth-order valence-electron chi connectivity index (χ4n) is 6.77. The van der Waals surface area contributed by atoms with E-state index in [1.165, 1.54) is 11.0 Å². The monoisotopic (exact) mass is 534 g/mol. The topological polar surface area (TPSA) is 164 Å². The SMILES string of the molecule is CCOc1ccc(-c2ccc(O)c3c2C[C@@H]2C[C@@H]4[C@@H](N(C)C)C(=O)C(C(N)=O)C(=O)[C@]4(O)C(=O)C2C3=O)cc1. The molecule has 3 aliphatic rings. The second kappa shape index (κ2) is 9.39. The Morgan fingerprint density at radius 1 is 1.08 bits per heavy atom. The van der Waals surface area contributed by atoms with E-state index in [1.54, 1.807) is 32.3 Å². The molecule has 5 rings (SSSR count). The Kier molecular flexibility index (Phi) is 6.43. The summed E-state index contributed by atoms with van der Waals surface area (Å²) < 4.78 is 5.51. The number of ether oxygens (including phenoxy) is 1. The molecule has 204 valence electrons. The summed E-state index contributed by atoms with van der Waals surface area (Å²) in [6, 6.07) is 9.21. The van der Waals surface area contributed by atoms with Crippen LogP contribution < -0.4 is 10.5 Å². The average Bonchev–Trinajstić information content (AvgIpc) is 2.87. The van der Waals surface area contributed by atoms with Crippen LogP contribution in [0, 0.1) is 23.7 Å². The van der Waals surface area contributed by atoms with Crippen LogP contribution in [0.25, 0.3) is 11.1 Å². The molecule has 39 heavy (non-hydrogen) atoms. The van der Waals surface area contributed by atoms with Crippen molar-refractivity contribution in [2.75, 3.05) is 20.7 Å². The van der Waals surface area contributed by atoms with Gasteiger partial charge in [0.15, 0.2) is 34.7 Å². The molecular weight excluding hydrogens is 504 g/mol. The molecule has 2 saturated carbocycles. The van der Waals surface area contributed by atoms with Crippen molar-refractivity contribution in [3.8, 4) is 22.6 Å². The zero-order valence-corrected chi connectivity index (χ0v) is 21.8. The van der Waals surface area contributed by atoms with Crippen molar-refractivity contribution in [2.45, 2.75) is 31.4 Å². The number of aliphatic hydroxyl groups is 1. The van der Waals surface area contributed by atoms with Gasteiger partial charge in [0.2, 0.25) is 5.91 Å². The number of phenolic OH excluding ortho intramolecular Hbond substituents is 1. The number of rotatable bonds is 5. The normalized spacial score (nSPS) is 30.0. The van der Waals surface area contributed by atoms with Crippen molar-refractivity contribution in [1.82, 2.24) is 4.90 Å². The van der Waals surface area contributed by atoms with Crippen LogP contribution in [0.5, 0.6) is 11.5 Å². The molecule has 1 amide bonds. The Labute approximate surface area is 224 Å². The van der Waals surface area contributed by atoms with Gasteiger partial charge in [-0.25, -0.2) is 0 Å². The number of benzene rings is 2. The number of carbonyl (C=O) groups excluding carboxylic acids is 5. The number of phenols is 1. The minimum atomic E-state index is -2.74. The predicted molar refractivity (Wildman–Crippen MR) is 138 cm³/mol. The summed E-state index contributed by atoms with van der Waals surface area (Å²) in [7, 11) is 3.10. The Hall–Kier alpha value is -3.89. The molecule has 0 saturated heterocycles. The molecule has 2 aromatic rings. The van der Waals surface area contributed by atoms with E-state index in [0.29, 0.717) is 23.5 Å². The number of fused-ring (bicyclic) bond motifs is 3. The molecular formula is C29H30N2O8. The minimum Gasteiger partial charge on any atom is -0.507 e. The number of ketones is 4. The van der Waals surface area contributed by atoms with E-state index >= 15 is 0 Å². The van der Waals surface area contributed by atoms with Crippen molar-refractivity contribution >= 4 is 29.0 Å². The van der Waals surface area contributed by atoms with Gasteiger partial charge >= 0.3 is 0 Å². The van der Waals surface area contributed by atoms with E-state index in [1.807, 2.05) is 19.1 Å². The first kappa shape index (κ1) is 26.7. The van der Waals surface area contributed by atoms with Crippen molar-refractivity contribution in [1.29, 1.82) is 0 Å². The predicted octanol–water partition coefficient (Wildman–Crippen LogP) is 0.933. The van der Waals surface area contributed by atoms with Gasteiger partial charge < -0.3 is 20.7 Å². The third-order valence-electron chi connectivity index (χ3n) is 8.42. The van der Waals surface area contributed by atoms with E-state index in [9.17, 15) is 34.2 Å². The number of Topliss-reactive ketones (excluding diaryl/α,β-unsaturated/α-hetero) is 4. The van der Waals surface area contributed by atoms with Crippen molar-refractivity contribution in [2.24, 2.45) is 29.4 Å². The van der Waals surface area contributed by atoms with Crippen LogP contribution in [0.15, 0.2) is 36.4 Å². The highest BCUT2D eigenvalue weighted by molar-refractivity contribution is 6.32. The summed E-state index contributed by atoms with van der Waals surface area (Å²) in [4.78, 5) is 67.8. The lowest BCUT2D eigenvalue weighted by Gasteiger charge is -2.52. The van der Waals surface area contributed by atoms with Crippen LogP contribution in [-0.4, -0.2) is 76.5 Å². The lowest BCUT2D eigenvalue weighted by Crippen LogP contribution is -2.74. The van der Waals surface area contributed by atoms with Crippen LogP contribution in [0.4, 0.5) is 0 Å². The molecule has 2 unspecified atom stereocenters. The van der Waals surface area contributed by atoms with E-state index in [0.717, 1.165) is 5.56 Å². The second-order valence-electron chi connectivity index (χ2n) is 10.7. The number of hydrogen-bond donors (Lipinski definition) is 3. The zero-order chi connectivity index (χ0) is 28.4. The first-order chi connectivity index (χ1) is 18.4. The van der Waals surface area contributed by atoms with Crippen LogP contribution in [0.3, 0.4) is 0 Å². The maximum Gasteiger partial charge on any atom is 0.235 e. The Morgan fingerprint density at radius 2 is 1.74 bits per heavy atom. The smallest absolute Gasteiger partial charge is 0.235 e. The summed E-state index contributed by atoms with van der Waals surface area (Å²) in [5.74, 6) is -9.92. The number of likely N-dealkylation sites (N-methyl/N-ethyl adjacent to an activating group) is 1. The summed E-state index contributed by atoms with van der Waals surface area (Å²) in [5.41, 5.74) is 4.60. The minimum absolute atomic E-state index is 0.00225. The standard InChI is InChI=1S/C29H30N2O8/c1-4-39-15-7-5-13(6-8-15)16-9-10-19(32)21-17(16)11-14-12-18-23(31(2)3)25(34)22(28(30)37)27(36)29(18,38)26(35)20(14)24(21)33/h5-10,14,18,20,22-23,32,38H,4,11-12H2,1-3H3,(H2,30,37)/t14-,18-,20?,22?,23-,29-/m1/s1. The molecule has 6 atom stereocenters. The lowest BCUT2D eigenvalue weighted by molar-refractivity contribution is -0.181. The number of carbonyl (C=O) groups is 5. The summed E-state index contributed by atoms with van der Waals surface area (Å²) in [6.45, 7) is 2.38. The second-order valence-corrected chi connectivity index (χ2v) is 10.7. The average molecular weight is 535 g/mol. The highest BCUT2D eigenvalue weighted by Crippen LogP contribution is 2.51. The maximum atomic E-state index is 13.9. The first-order valence-corrected chi connectivity index (χ1v) is 12.9. The van der Waals surface area contributed by atoms with Gasteiger partial charge in [-0.05, 0) is 74.7 Å². The summed E-state index contributed by atoms with van der Waals surface area (Å²) >= 11 is 0. The van der Waals surface area contributed by atoms with Gasteiger partial charge in [-0.15, -0.1) is 0 Å². The number of hydrogen-bond acceptors (Lipinski definition) is 9. The number of amides is 1. The van der Waals surface area contributed by atoms with E-state index in [2.05, 4.69) is 0 Å². The Morgan fingerprint density at radius 3 is 2.33 bits per heavy atom. The van der Waals surface area contributed by atoms with Crippen molar-refractivity contribution in [3.05, 3.63) is 47.5 Å². The maximum absolute atomic E-state index is 13.9. The van der Waals surface area contributed by atoms with Crippen molar-refractivity contribution < 1.29 is 38.9 Å². The van der Waals surface area contributed by atoms with Crippen molar-refractivity contribution in [3.63, 3.8) is 0 Å². The third kappa shape index (κ3) is 3.81. The van der Waals surface area contributed by atoms with Gasteiger partial charge in [-0.3, -0.25) is 28.9 Å². The number of primary amides is 1. The number of nitrogens with two attached hydrogens (primary N) is 1. The van der Waals surface area contributed by atoms with Gasteiger partial charge in [0.25, 0.3) is 0 Å². The molecule has 4 N–H and O–H groups in total. The molecule has 0 bridgehead atoms. The highest BCUT2D eigenvalue weighted by atomic mass is 16.5. The van der Waals surface area contributed by atoms with Crippen LogP contribution in [0.2, 0.25) is 0 Å². The van der Waals surface area contributed by atoms with Gasteiger partial charge in [-0.1, -0.05) is 18.2 Å².